The van der Waals surface area contributed by atoms with Crippen LogP contribution in [0.1, 0.15) is 23.2 Å². The monoisotopic (exact) mass is 365 g/mol. The first-order valence-electron chi connectivity index (χ1n) is 9.07. The molecule has 0 aliphatic carbocycles. The molecule has 7 nitrogen and oxygen atoms in total. The van der Waals surface area contributed by atoms with E-state index in [-0.39, 0.29) is 11.9 Å². The second kappa shape index (κ2) is 9.76. The van der Waals surface area contributed by atoms with Gasteiger partial charge in [-0.05, 0) is 17.7 Å². The van der Waals surface area contributed by atoms with Crippen LogP contribution in [0.15, 0.2) is 42.9 Å². The molecule has 0 spiro atoms. The highest BCUT2D eigenvalue weighted by atomic mass is 16.5. The molecule has 0 bridgehead atoms. The van der Waals surface area contributed by atoms with Crippen molar-refractivity contribution in [3.63, 3.8) is 0 Å². The van der Waals surface area contributed by atoms with Gasteiger partial charge in [0.1, 0.15) is 0 Å². The van der Waals surface area contributed by atoms with Gasteiger partial charge in [-0.15, -0.1) is 0 Å². The Bertz CT molecular complexity index is 790. The minimum Gasteiger partial charge on any atom is -0.378 e. The SMILES string of the molecule is N#Cc1cccc(CN2CCOC[C@H]2CC(=O)NCCc2cnccn2)c1. The molecular weight excluding hydrogens is 342 g/mol. The zero-order chi connectivity index (χ0) is 18.9. The van der Waals surface area contributed by atoms with Gasteiger partial charge in [0.05, 0.1) is 30.5 Å². The quantitative estimate of drug-likeness (QED) is 0.795. The number of rotatable bonds is 7. The lowest BCUT2D eigenvalue weighted by Crippen LogP contribution is -2.47. The van der Waals surface area contributed by atoms with Gasteiger partial charge in [0.2, 0.25) is 5.91 Å². The molecule has 140 valence electrons. The van der Waals surface area contributed by atoms with Gasteiger partial charge in [-0.3, -0.25) is 19.7 Å². The van der Waals surface area contributed by atoms with Crippen molar-refractivity contribution in [2.45, 2.75) is 25.4 Å². The molecule has 1 N–H and O–H groups in total. The van der Waals surface area contributed by atoms with Gasteiger partial charge in [-0.2, -0.15) is 5.26 Å². The molecule has 3 rings (SSSR count). The van der Waals surface area contributed by atoms with Crippen molar-refractivity contribution >= 4 is 5.91 Å². The molecule has 1 aliphatic heterocycles. The highest BCUT2D eigenvalue weighted by Gasteiger charge is 2.25. The minimum atomic E-state index is 0.00478. The highest BCUT2D eigenvalue weighted by Crippen LogP contribution is 2.16. The summed E-state index contributed by atoms with van der Waals surface area (Å²) in [6.07, 6.45) is 6.03. The van der Waals surface area contributed by atoms with Crippen LogP contribution < -0.4 is 5.32 Å². The van der Waals surface area contributed by atoms with Gasteiger partial charge < -0.3 is 10.1 Å². The van der Waals surface area contributed by atoms with E-state index in [9.17, 15) is 4.79 Å². The maximum atomic E-state index is 12.3. The van der Waals surface area contributed by atoms with Crippen LogP contribution >= 0.6 is 0 Å². The van der Waals surface area contributed by atoms with Crippen molar-refractivity contribution in [1.29, 1.82) is 5.26 Å². The molecule has 0 saturated carbocycles. The van der Waals surface area contributed by atoms with Crippen LogP contribution in [-0.4, -0.2) is 53.1 Å². The van der Waals surface area contributed by atoms with Gasteiger partial charge in [0.15, 0.2) is 0 Å². The van der Waals surface area contributed by atoms with Gasteiger partial charge in [0.25, 0.3) is 0 Å². The number of nitrogens with one attached hydrogen (secondary N) is 1. The van der Waals surface area contributed by atoms with E-state index in [1.807, 2.05) is 18.2 Å². The highest BCUT2D eigenvalue weighted by molar-refractivity contribution is 5.76. The standard InChI is InChI=1S/C20H23N5O2/c21-12-16-2-1-3-17(10-16)14-25-8-9-27-15-19(25)11-20(26)24-5-4-18-13-22-6-7-23-18/h1-3,6-7,10,13,19H,4-5,8-9,11,14-15H2,(H,24,26)/t19-/m1/s1. The molecule has 1 aliphatic rings. The molecule has 2 heterocycles. The lowest BCUT2D eigenvalue weighted by molar-refractivity contribution is -0.124. The van der Waals surface area contributed by atoms with Crippen LogP contribution in [0.5, 0.6) is 0 Å². The number of carbonyl (C=O) groups is 1. The van der Waals surface area contributed by atoms with E-state index in [0.717, 1.165) is 17.8 Å². The summed E-state index contributed by atoms with van der Waals surface area (Å²) in [4.78, 5) is 22.8. The molecule has 1 aromatic carbocycles. The van der Waals surface area contributed by atoms with Gasteiger partial charge >= 0.3 is 0 Å². The Morgan fingerprint density at radius 1 is 1.41 bits per heavy atom. The Morgan fingerprint density at radius 3 is 3.15 bits per heavy atom. The van der Waals surface area contributed by atoms with Crippen molar-refractivity contribution in [1.82, 2.24) is 20.2 Å². The molecular formula is C20H23N5O2. The second-order valence-electron chi connectivity index (χ2n) is 6.51. The number of nitriles is 1. The smallest absolute Gasteiger partial charge is 0.221 e. The van der Waals surface area contributed by atoms with E-state index in [2.05, 4.69) is 26.3 Å². The molecule has 1 amide bonds. The van der Waals surface area contributed by atoms with Gasteiger partial charge in [0, 0.05) is 57.1 Å². The van der Waals surface area contributed by atoms with Crippen molar-refractivity contribution in [3.8, 4) is 6.07 Å². The number of aromatic nitrogens is 2. The first-order valence-corrected chi connectivity index (χ1v) is 9.07. The first kappa shape index (κ1) is 19.0. The Morgan fingerprint density at radius 2 is 2.33 bits per heavy atom. The van der Waals surface area contributed by atoms with Crippen LogP contribution in [0.3, 0.4) is 0 Å². The summed E-state index contributed by atoms with van der Waals surface area (Å²) in [5.41, 5.74) is 2.58. The Labute approximate surface area is 159 Å². The Kier molecular flexibility index (Phi) is 6.85. The largest absolute Gasteiger partial charge is 0.378 e. The molecule has 0 radical (unpaired) electrons. The number of carbonyl (C=O) groups excluding carboxylic acids is 1. The zero-order valence-electron chi connectivity index (χ0n) is 15.2. The van der Waals surface area contributed by atoms with Crippen molar-refractivity contribution in [3.05, 3.63) is 59.7 Å². The summed E-state index contributed by atoms with van der Waals surface area (Å²) in [6.45, 7) is 3.21. The van der Waals surface area contributed by atoms with Crippen molar-refractivity contribution in [2.75, 3.05) is 26.3 Å². The van der Waals surface area contributed by atoms with E-state index in [4.69, 9.17) is 10.00 Å². The third kappa shape index (κ3) is 5.84. The average molecular weight is 365 g/mol. The summed E-state index contributed by atoms with van der Waals surface area (Å²) < 4.78 is 5.58. The molecule has 7 heteroatoms. The summed E-state index contributed by atoms with van der Waals surface area (Å²) in [5.74, 6) is 0.00478. The normalized spacial score (nSPS) is 17.2. The Balaban J connectivity index is 1.50. The fourth-order valence-corrected chi connectivity index (χ4v) is 3.13. The van der Waals surface area contributed by atoms with Crippen LogP contribution in [0, 0.1) is 11.3 Å². The molecule has 0 unspecified atom stereocenters. The van der Waals surface area contributed by atoms with Gasteiger partial charge in [-0.25, -0.2) is 0 Å². The predicted octanol–water partition coefficient (Wildman–Crippen LogP) is 1.30. The fraction of sp³-hybridized carbons (Fsp3) is 0.400. The maximum Gasteiger partial charge on any atom is 0.221 e. The number of amides is 1. The Hall–Kier alpha value is -2.82. The molecule has 1 atom stereocenters. The van der Waals surface area contributed by atoms with Crippen molar-refractivity contribution < 1.29 is 9.53 Å². The molecule has 2 aromatic rings. The summed E-state index contributed by atoms with van der Waals surface area (Å²) >= 11 is 0. The number of benzene rings is 1. The van der Waals surface area contributed by atoms with E-state index in [1.54, 1.807) is 24.7 Å². The first-order chi connectivity index (χ1) is 13.2. The topological polar surface area (TPSA) is 91.1 Å². The van der Waals surface area contributed by atoms with Crippen LogP contribution in [0.25, 0.3) is 0 Å². The third-order valence-corrected chi connectivity index (χ3v) is 4.53. The molecule has 1 saturated heterocycles. The number of morpholine rings is 1. The molecule has 1 fully saturated rings. The van der Waals surface area contributed by atoms with Crippen molar-refractivity contribution in [2.24, 2.45) is 0 Å². The molecule has 1 aromatic heterocycles. The van der Waals surface area contributed by atoms with Crippen LogP contribution in [0.2, 0.25) is 0 Å². The minimum absolute atomic E-state index is 0.00478. The lowest BCUT2D eigenvalue weighted by atomic mass is 10.1. The van der Waals surface area contributed by atoms with Gasteiger partial charge in [-0.1, -0.05) is 12.1 Å². The molecule has 27 heavy (non-hydrogen) atoms. The second-order valence-corrected chi connectivity index (χ2v) is 6.51. The maximum absolute atomic E-state index is 12.3. The van der Waals surface area contributed by atoms with E-state index in [1.165, 1.54) is 0 Å². The van der Waals surface area contributed by atoms with E-state index in [0.29, 0.717) is 44.7 Å². The number of ether oxygens (including phenoxy) is 1. The zero-order valence-corrected chi connectivity index (χ0v) is 15.2. The van der Waals surface area contributed by atoms with Crippen LogP contribution in [0.4, 0.5) is 0 Å². The lowest BCUT2D eigenvalue weighted by Gasteiger charge is -2.35. The fourth-order valence-electron chi connectivity index (χ4n) is 3.13. The average Bonchev–Trinajstić information content (AvgIpc) is 2.70. The van der Waals surface area contributed by atoms with Crippen LogP contribution in [-0.2, 0) is 22.5 Å². The summed E-state index contributed by atoms with van der Waals surface area (Å²) in [5, 5.41) is 12.0. The van der Waals surface area contributed by atoms with E-state index >= 15 is 0 Å². The number of nitrogens with zero attached hydrogens (tertiary/aromatic N) is 4. The summed E-state index contributed by atoms with van der Waals surface area (Å²) in [7, 11) is 0. The predicted molar refractivity (Wildman–Crippen MR) is 99.5 cm³/mol. The number of hydrogen-bond acceptors (Lipinski definition) is 6. The third-order valence-electron chi connectivity index (χ3n) is 4.53. The van der Waals surface area contributed by atoms with E-state index < -0.39 is 0 Å². The number of hydrogen-bond donors (Lipinski definition) is 1. The summed E-state index contributed by atoms with van der Waals surface area (Å²) in [6, 6.07) is 9.79.